The molecule has 0 saturated carbocycles. The van der Waals surface area contributed by atoms with E-state index >= 15 is 0 Å². The third kappa shape index (κ3) is 4.76. The highest BCUT2D eigenvalue weighted by atomic mass is 35.5. The summed E-state index contributed by atoms with van der Waals surface area (Å²) in [4.78, 5) is 0. The maximum Gasteiger partial charge on any atom is 0.191 e. The van der Waals surface area contributed by atoms with Crippen molar-refractivity contribution in [1.29, 1.82) is 0 Å². The molecule has 5 heteroatoms. The van der Waals surface area contributed by atoms with Crippen LogP contribution in [0.3, 0.4) is 0 Å². The molecule has 0 aromatic heterocycles. The molecule has 0 aliphatic carbocycles. The third-order valence-corrected chi connectivity index (χ3v) is 2.15. The van der Waals surface area contributed by atoms with Gasteiger partial charge in [-0.1, -0.05) is 18.2 Å². The molecule has 0 amide bonds. The Labute approximate surface area is 99.5 Å². The SMILES string of the molecule is C/C(CCl)=N\NC(=S)Nc1ccccc1. The summed E-state index contributed by atoms with van der Waals surface area (Å²) in [6, 6.07) is 9.64. The van der Waals surface area contributed by atoms with Crippen molar-refractivity contribution >= 4 is 40.3 Å². The number of hydrogen-bond acceptors (Lipinski definition) is 2. The summed E-state index contributed by atoms with van der Waals surface area (Å²) in [5.41, 5.74) is 4.42. The summed E-state index contributed by atoms with van der Waals surface area (Å²) in [5.74, 6) is 0.390. The Morgan fingerprint density at radius 2 is 2.07 bits per heavy atom. The first-order chi connectivity index (χ1) is 7.22. The van der Waals surface area contributed by atoms with Gasteiger partial charge in [-0.3, -0.25) is 5.43 Å². The second-order valence-corrected chi connectivity index (χ2v) is 3.59. The van der Waals surface area contributed by atoms with Crippen molar-refractivity contribution in [2.45, 2.75) is 6.92 Å². The molecular weight excluding hydrogens is 230 g/mol. The van der Waals surface area contributed by atoms with Gasteiger partial charge in [0.25, 0.3) is 0 Å². The number of hydrazone groups is 1. The summed E-state index contributed by atoms with van der Waals surface area (Å²) in [6.07, 6.45) is 0. The molecule has 3 nitrogen and oxygen atoms in total. The van der Waals surface area contributed by atoms with Crippen LogP contribution in [0.2, 0.25) is 0 Å². The summed E-state index contributed by atoms with van der Waals surface area (Å²) >= 11 is 10.6. The van der Waals surface area contributed by atoms with E-state index in [1.165, 1.54) is 0 Å². The van der Waals surface area contributed by atoms with E-state index in [1.807, 2.05) is 37.3 Å². The summed E-state index contributed by atoms with van der Waals surface area (Å²) < 4.78 is 0. The van der Waals surface area contributed by atoms with Gasteiger partial charge in [0, 0.05) is 11.4 Å². The second kappa shape index (κ2) is 6.37. The lowest BCUT2D eigenvalue weighted by Crippen LogP contribution is -2.24. The van der Waals surface area contributed by atoms with Crippen molar-refractivity contribution in [3.63, 3.8) is 0 Å². The van der Waals surface area contributed by atoms with Gasteiger partial charge in [-0.05, 0) is 31.3 Å². The smallest absolute Gasteiger partial charge is 0.191 e. The topological polar surface area (TPSA) is 36.4 Å². The van der Waals surface area contributed by atoms with Crippen LogP contribution in [0.15, 0.2) is 35.4 Å². The van der Waals surface area contributed by atoms with Gasteiger partial charge in [-0.25, -0.2) is 0 Å². The monoisotopic (exact) mass is 241 g/mol. The molecule has 0 saturated heterocycles. The molecule has 0 unspecified atom stereocenters. The second-order valence-electron chi connectivity index (χ2n) is 2.91. The molecular formula is C10H12ClN3S. The average molecular weight is 242 g/mol. The van der Waals surface area contributed by atoms with Crippen LogP contribution < -0.4 is 10.7 Å². The molecule has 0 heterocycles. The van der Waals surface area contributed by atoms with Crippen molar-refractivity contribution in [2.75, 3.05) is 11.2 Å². The molecule has 0 fully saturated rings. The first-order valence-electron chi connectivity index (χ1n) is 4.43. The van der Waals surface area contributed by atoms with E-state index < -0.39 is 0 Å². The van der Waals surface area contributed by atoms with Crippen LogP contribution in [0, 0.1) is 0 Å². The normalized spacial score (nSPS) is 10.9. The lowest BCUT2D eigenvalue weighted by molar-refractivity contribution is 1.03. The Bertz CT molecular complexity index is 351. The Hall–Kier alpha value is -1.13. The minimum atomic E-state index is 0.390. The average Bonchev–Trinajstić information content (AvgIpc) is 2.27. The van der Waals surface area contributed by atoms with Crippen LogP contribution in [0.5, 0.6) is 0 Å². The number of anilines is 1. The van der Waals surface area contributed by atoms with Gasteiger partial charge >= 0.3 is 0 Å². The zero-order valence-corrected chi connectivity index (χ0v) is 9.90. The molecule has 1 aromatic rings. The molecule has 0 atom stereocenters. The number of hydrogen-bond donors (Lipinski definition) is 2. The zero-order valence-electron chi connectivity index (χ0n) is 8.33. The fourth-order valence-corrected chi connectivity index (χ4v) is 1.08. The molecule has 15 heavy (non-hydrogen) atoms. The standard InChI is InChI=1S/C10H12ClN3S/c1-8(7-11)13-14-10(15)12-9-5-3-2-4-6-9/h2-6H,7H2,1H3,(H2,12,14,15)/b13-8+. The molecule has 1 aromatic carbocycles. The molecule has 0 spiro atoms. The minimum Gasteiger partial charge on any atom is -0.331 e. The number of benzene rings is 1. The number of para-hydroxylation sites is 1. The number of rotatable bonds is 3. The highest BCUT2D eigenvalue weighted by molar-refractivity contribution is 7.80. The lowest BCUT2D eigenvalue weighted by Gasteiger charge is -2.06. The highest BCUT2D eigenvalue weighted by Gasteiger charge is 1.94. The zero-order chi connectivity index (χ0) is 11.1. The van der Waals surface area contributed by atoms with Crippen LogP contribution in [-0.4, -0.2) is 16.7 Å². The number of thiocarbonyl (C=S) groups is 1. The molecule has 1 rings (SSSR count). The fraction of sp³-hybridized carbons (Fsp3) is 0.200. The third-order valence-electron chi connectivity index (χ3n) is 1.57. The predicted molar refractivity (Wildman–Crippen MR) is 69.6 cm³/mol. The van der Waals surface area contributed by atoms with Crippen molar-refractivity contribution in [1.82, 2.24) is 5.43 Å². The molecule has 0 bridgehead atoms. The van der Waals surface area contributed by atoms with Gasteiger partial charge < -0.3 is 5.32 Å². The lowest BCUT2D eigenvalue weighted by atomic mass is 10.3. The van der Waals surface area contributed by atoms with Gasteiger partial charge in [0.15, 0.2) is 5.11 Å². The molecule has 0 aliphatic heterocycles. The molecule has 0 aliphatic rings. The Morgan fingerprint density at radius 3 is 2.67 bits per heavy atom. The first kappa shape index (κ1) is 11.9. The quantitative estimate of drug-likeness (QED) is 0.370. The van der Waals surface area contributed by atoms with E-state index in [9.17, 15) is 0 Å². The Balaban J connectivity index is 2.44. The van der Waals surface area contributed by atoms with Crippen LogP contribution in [-0.2, 0) is 0 Å². The van der Waals surface area contributed by atoms with E-state index in [0.717, 1.165) is 11.4 Å². The number of halogens is 1. The van der Waals surface area contributed by atoms with Crippen LogP contribution in [0.4, 0.5) is 5.69 Å². The maximum absolute atomic E-state index is 5.56. The summed E-state index contributed by atoms with van der Waals surface area (Å²) in [5, 5.41) is 7.41. The van der Waals surface area contributed by atoms with Crippen molar-refractivity contribution < 1.29 is 0 Å². The Morgan fingerprint density at radius 1 is 1.40 bits per heavy atom. The van der Waals surface area contributed by atoms with Crippen LogP contribution >= 0.6 is 23.8 Å². The van der Waals surface area contributed by atoms with E-state index in [2.05, 4.69) is 15.8 Å². The van der Waals surface area contributed by atoms with Crippen molar-refractivity contribution in [3.8, 4) is 0 Å². The largest absolute Gasteiger partial charge is 0.331 e. The van der Waals surface area contributed by atoms with E-state index in [4.69, 9.17) is 23.8 Å². The molecule has 0 radical (unpaired) electrons. The minimum absolute atomic E-state index is 0.390. The number of alkyl halides is 1. The van der Waals surface area contributed by atoms with Crippen molar-refractivity contribution in [3.05, 3.63) is 30.3 Å². The number of nitrogens with one attached hydrogen (secondary N) is 2. The van der Waals surface area contributed by atoms with Gasteiger partial charge in [-0.15, -0.1) is 11.6 Å². The van der Waals surface area contributed by atoms with Crippen LogP contribution in [0.25, 0.3) is 0 Å². The van der Waals surface area contributed by atoms with Crippen molar-refractivity contribution in [2.24, 2.45) is 5.10 Å². The number of nitrogens with zero attached hydrogens (tertiary/aromatic N) is 1. The van der Waals surface area contributed by atoms with E-state index in [0.29, 0.717) is 11.0 Å². The van der Waals surface area contributed by atoms with Gasteiger partial charge in [0.2, 0.25) is 0 Å². The highest BCUT2D eigenvalue weighted by Crippen LogP contribution is 2.04. The first-order valence-corrected chi connectivity index (χ1v) is 5.38. The Kier molecular flexibility index (Phi) is 5.07. The van der Waals surface area contributed by atoms with Gasteiger partial charge in [-0.2, -0.15) is 5.10 Å². The van der Waals surface area contributed by atoms with E-state index in [1.54, 1.807) is 0 Å². The molecule has 2 N–H and O–H groups in total. The maximum atomic E-state index is 5.56. The molecule has 80 valence electrons. The predicted octanol–water partition coefficient (Wildman–Crippen LogP) is 2.59. The summed E-state index contributed by atoms with van der Waals surface area (Å²) in [7, 11) is 0. The van der Waals surface area contributed by atoms with Crippen LogP contribution in [0.1, 0.15) is 6.92 Å². The fourth-order valence-electron chi connectivity index (χ4n) is 0.857. The summed E-state index contributed by atoms with van der Waals surface area (Å²) in [6.45, 7) is 1.82. The van der Waals surface area contributed by atoms with E-state index in [-0.39, 0.29) is 0 Å². The van der Waals surface area contributed by atoms with Gasteiger partial charge in [0.05, 0.1) is 5.88 Å². The van der Waals surface area contributed by atoms with Gasteiger partial charge in [0.1, 0.15) is 0 Å².